The first-order valence-corrected chi connectivity index (χ1v) is 5.92. The minimum Gasteiger partial charge on any atom is -0.506 e. The van der Waals surface area contributed by atoms with Crippen molar-refractivity contribution in [3.8, 4) is 11.5 Å². The van der Waals surface area contributed by atoms with Crippen LogP contribution in [0.25, 0.3) is 0 Å². The smallest absolute Gasteiger partial charge is 0.506 e. The number of hydrogen-bond donors (Lipinski definition) is 1. The molecule has 1 aromatic heterocycles. The molecule has 0 saturated heterocycles. The van der Waals surface area contributed by atoms with Crippen molar-refractivity contribution in [3.63, 3.8) is 0 Å². The molecule has 0 bridgehead atoms. The average Bonchev–Trinajstić information content (AvgIpc) is 2.73. The van der Waals surface area contributed by atoms with Gasteiger partial charge in [-0.25, -0.2) is 0 Å². The van der Waals surface area contributed by atoms with Gasteiger partial charge in [0.15, 0.2) is 0 Å². The van der Waals surface area contributed by atoms with Crippen molar-refractivity contribution >= 4 is 17.1 Å². The molecule has 2 aromatic rings. The van der Waals surface area contributed by atoms with Crippen LogP contribution in [0.2, 0.25) is 0 Å². The number of halogens is 3. The van der Waals surface area contributed by atoms with Gasteiger partial charge in [-0.05, 0) is 35.7 Å². The Bertz CT molecular complexity index is 587. The first-order chi connectivity index (χ1) is 8.87. The summed E-state index contributed by atoms with van der Waals surface area (Å²) in [4.78, 5) is 12.1. The molecule has 0 unspecified atom stereocenters. The maximum Gasteiger partial charge on any atom is 0.573 e. The van der Waals surface area contributed by atoms with Gasteiger partial charge in [-0.1, -0.05) is 0 Å². The van der Waals surface area contributed by atoms with Crippen molar-refractivity contribution in [2.75, 3.05) is 0 Å². The SMILES string of the molecule is O=[14C](c1ccc(OC(F)(F)F)cc1)c1sccc1O. The zero-order valence-electron chi connectivity index (χ0n) is 9.27. The van der Waals surface area contributed by atoms with Gasteiger partial charge in [-0.2, -0.15) is 0 Å². The van der Waals surface area contributed by atoms with Crippen LogP contribution in [-0.2, 0) is 0 Å². The van der Waals surface area contributed by atoms with Crippen LogP contribution >= 0.6 is 11.3 Å². The molecular formula is C12H7F3O3S. The molecule has 0 fully saturated rings. The molecule has 0 aliphatic heterocycles. The molecule has 0 radical (unpaired) electrons. The van der Waals surface area contributed by atoms with Gasteiger partial charge < -0.3 is 9.84 Å². The van der Waals surface area contributed by atoms with Gasteiger partial charge in [0.25, 0.3) is 0 Å². The zero-order chi connectivity index (χ0) is 14.0. The van der Waals surface area contributed by atoms with Crippen molar-refractivity contribution < 1.29 is 27.8 Å². The molecule has 2 rings (SSSR count). The van der Waals surface area contributed by atoms with Crippen molar-refractivity contribution in [1.29, 1.82) is 0 Å². The Morgan fingerprint density at radius 3 is 2.26 bits per heavy atom. The lowest BCUT2D eigenvalue weighted by Crippen LogP contribution is -2.17. The standard InChI is InChI=1S/C12H7F3O3S/c13-12(14,15)18-8-3-1-7(2-4-8)10(17)11-9(16)5-6-19-11/h1-6,16H/i10+2. The summed E-state index contributed by atoms with van der Waals surface area (Å²) >= 11 is 1.06. The molecule has 0 aliphatic carbocycles. The van der Waals surface area contributed by atoms with Crippen molar-refractivity contribution in [3.05, 3.63) is 46.2 Å². The minimum absolute atomic E-state index is 0.143. The van der Waals surface area contributed by atoms with Crippen LogP contribution < -0.4 is 4.74 Å². The molecular weight excluding hydrogens is 283 g/mol. The van der Waals surface area contributed by atoms with Crippen molar-refractivity contribution in [1.82, 2.24) is 0 Å². The Morgan fingerprint density at radius 2 is 1.79 bits per heavy atom. The summed E-state index contributed by atoms with van der Waals surface area (Å²) in [6.45, 7) is 0. The van der Waals surface area contributed by atoms with E-state index in [9.17, 15) is 23.1 Å². The molecule has 100 valence electrons. The van der Waals surface area contributed by atoms with Gasteiger partial charge in [0.05, 0.1) is 0 Å². The molecule has 7 heteroatoms. The van der Waals surface area contributed by atoms with E-state index in [-0.39, 0.29) is 16.2 Å². The second-order valence-corrected chi connectivity index (χ2v) is 4.45. The number of carbonyl (C=O) groups is 1. The quantitative estimate of drug-likeness (QED) is 0.879. The van der Waals surface area contributed by atoms with Crippen molar-refractivity contribution in [2.24, 2.45) is 0 Å². The maximum atomic E-state index is 12.0. The lowest BCUT2D eigenvalue weighted by Gasteiger charge is -2.08. The van der Waals surface area contributed by atoms with Crippen LogP contribution in [0.5, 0.6) is 11.5 Å². The van der Waals surface area contributed by atoms with E-state index in [0.29, 0.717) is 0 Å². The lowest BCUT2D eigenvalue weighted by atomic mass is 10.3. The van der Waals surface area contributed by atoms with E-state index >= 15 is 0 Å². The molecule has 19 heavy (non-hydrogen) atoms. The normalized spacial score (nSPS) is 11.3. The summed E-state index contributed by atoms with van der Waals surface area (Å²) in [5.41, 5.74) is 0.173. The Morgan fingerprint density at radius 1 is 1.16 bits per heavy atom. The van der Waals surface area contributed by atoms with E-state index in [1.807, 2.05) is 0 Å². The van der Waals surface area contributed by atoms with Gasteiger partial charge in [0.2, 0.25) is 5.78 Å². The topological polar surface area (TPSA) is 46.5 Å². The molecule has 0 saturated carbocycles. The predicted octanol–water partition coefficient (Wildman–Crippen LogP) is 3.58. The number of rotatable bonds is 3. The zero-order valence-corrected chi connectivity index (χ0v) is 10.1. The molecule has 1 heterocycles. The van der Waals surface area contributed by atoms with Gasteiger partial charge >= 0.3 is 6.36 Å². The first-order valence-electron chi connectivity index (χ1n) is 5.04. The largest absolute Gasteiger partial charge is 0.573 e. The maximum absolute atomic E-state index is 12.0. The Labute approximate surface area is 109 Å². The Kier molecular flexibility index (Phi) is 3.48. The van der Waals surface area contributed by atoms with Crippen molar-refractivity contribution in [2.45, 2.75) is 6.36 Å². The summed E-state index contributed by atoms with van der Waals surface area (Å²) in [5, 5.41) is 11.0. The third kappa shape index (κ3) is 3.25. The number of aromatic hydroxyl groups is 1. The molecule has 0 spiro atoms. The number of ether oxygens (including phenoxy) is 1. The highest BCUT2D eigenvalue weighted by molar-refractivity contribution is 7.12. The summed E-state index contributed by atoms with van der Waals surface area (Å²) in [6.07, 6.45) is -4.77. The Balaban J connectivity index is 2.19. The van der Waals surface area contributed by atoms with E-state index in [4.69, 9.17) is 0 Å². The third-order valence-corrected chi connectivity index (χ3v) is 3.10. The lowest BCUT2D eigenvalue weighted by molar-refractivity contribution is -0.274. The first kappa shape index (κ1) is 13.4. The van der Waals surface area contributed by atoms with Crippen LogP contribution in [-0.4, -0.2) is 17.3 Å². The van der Waals surface area contributed by atoms with Crippen LogP contribution in [0.15, 0.2) is 35.7 Å². The fraction of sp³-hybridized carbons (Fsp3) is 0.0833. The van der Waals surface area contributed by atoms with Crippen LogP contribution in [0.1, 0.15) is 15.2 Å². The Hall–Kier alpha value is -2.02. The highest BCUT2D eigenvalue weighted by Gasteiger charge is 2.31. The summed E-state index contributed by atoms with van der Waals surface area (Å²) < 4.78 is 39.6. The van der Waals surface area contributed by atoms with Crippen LogP contribution in [0, 0.1) is 0 Å². The molecule has 1 N–H and O–H groups in total. The number of ketones is 1. The summed E-state index contributed by atoms with van der Waals surface area (Å²) in [5.74, 6) is -1.00. The fourth-order valence-corrected chi connectivity index (χ4v) is 2.16. The summed E-state index contributed by atoms with van der Waals surface area (Å²) in [6, 6.07) is 5.89. The number of benzene rings is 1. The molecule has 0 aliphatic rings. The third-order valence-electron chi connectivity index (χ3n) is 2.20. The van der Waals surface area contributed by atoms with Gasteiger partial charge in [-0.15, -0.1) is 24.5 Å². The van der Waals surface area contributed by atoms with Gasteiger partial charge in [0.1, 0.15) is 16.4 Å². The van der Waals surface area contributed by atoms with Gasteiger partial charge in [0, 0.05) is 5.56 Å². The minimum atomic E-state index is -4.77. The average molecular weight is 290 g/mol. The monoisotopic (exact) mass is 290 g/mol. The molecule has 0 atom stereocenters. The predicted molar refractivity (Wildman–Crippen MR) is 62.5 cm³/mol. The number of hydrogen-bond acceptors (Lipinski definition) is 4. The van der Waals surface area contributed by atoms with Crippen LogP contribution in [0.4, 0.5) is 13.2 Å². The van der Waals surface area contributed by atoms with Gasteiger partial charge in [-0.3, -0.25) is 4.79 Å². The van der Waals surface area contributed by atoms with Crippen LogP contribution in [0.3, 0.4) is 0 Å². The van der Waals surface area contributed by atoms with E-state index in [2.05, 4.69) is 4.74 Å². The molecule has 1 aromatic carbocycles. The number of thiophene rings is 1. The second-order valence-electron chi connectivity index (χ2n) is 3.54. The summed E-state index contributed by atoms with van der Waals surface area (Å²) in [7, 11) is 0. The second kappa shape index (κ2) is 4.93. The fourth-order valence-electron chi connectivity index (χ4n) is 1.41. The molecule has 0 amide bonds. The van der Waals surface area contributed by atoms with E-state index in [1.165, 1.54) is 18.2 Å². The van der Waals surface area contributed by atoms with E-state index < -0.39 is 17.9 Å². The highest BCUT2D eigenvalue weighted by Crippen LogP contribution is 2.27. The van der Waals surface area contributed by atoms with E-state index in [1.54, 1.807) is 5.38 Å². The number of alkyl halides is 3. The highest BCUT2D eigenvalue weighted by atomic mass is 32.1. The molecule has 3 nitrogen and oxygen atoms in total. The van der Waals surface area contributed by atoms with E-state index in [0.717, 1.165) is 23.5 Å². The number of carbonyl (C=O) groups excluding carboxylic acids is 1.